The zero-order valence-electron chi connectivity index (χ0n) is 16.1. The molecule has 1 atom stereocenters. The highest BCUT2D eigenvalue weighted by atomic mass is 32.2. The summed E-state index contributed by atoms with van der Waals surface area (Å²) >= 11 is 2.09. The molecule has 0 radical (unpaired) electrons. The Hall–Kier alpha value is -1.24. The summed E-state index contributed by atoms with van der Waals surface area (Å²) in [6.07, 6.45) is 1.22. The van der Waals surface area contributed by atoms with Crippen molar-refractivity contribution in [2.45, 2.75) is 31.7 Å². The first-order valence-electron chi connectivity index (χ1n) is 9.73. The molecule has 1 unspecified atom stereocenters. The Kier molecular flexibility index (Phi) is 7.65. The predicted octanol–water partition coefficient (Wildman–Crippen LogP) is 2.42. The van der Waals surface area contributed by atoms with E-state index in [1.807, 2.05) is 7.05 Å². The Balaban J connectivity index is 1.53. The lowest BCUT2D eigenvalue weighted by Gasteiger charge is -2.34. The predicted molar refractivity (Wildman–Crippen MR) is 111 cm³/mol. The zero-order valence-corrected chi connectivity index (χ0v) is 16.9. The molecule has 0 amide bonds. The summed E-state index contributed by atoms with van der Waals surface area (Å²) in [6, 6.07) is 8.91. The average Bonchev–Trinajstić information content (AvgIpc) is 2.70. The average molecular weight is 377 g/mol. The van der Waals surface area contributed by atoms with Crippen molar-refractivity contribution in [1.82, 2.24) is 15.1 Å². The highest BCUT2D eigenvalue weighted by Gasteiger charge is 2.21. The Morgan fingerprint density at radius 2 is 2.08 bits per heavy atom. The molecule has 2 saturated heterocycles. The van der Waals surface area contributed by atoms with Gasteiger partial charge in [0.05, 0.1) is 13.2 Å². The molecule has 3 rings (SSSR count). The van der Waals surface area contributed by atoms with Crippen molar-refractivity contribution in [2.75, 3.05) is 52.2 Å². The van der Waals surface area contributed by atoms with Crippen LogP contribution in [0.5, 0.6) is 0 Å². The van der Waals surface area contributed by atoms with E-state index in [2.05, 4.69) is 63.1 Å². The van der Waals surface area contributed by atoms with Gasteiger partial charge in [-0.3, -0.25) is 9.89 Å². The molecule has 0 aromatic heterocycles. The molecule has 1 aromatic carbocycles. The smallest absolute Gasteiger partial charge is 0.193 e. The fraction of sp³-hybridized carbons (Fsp3) is 0.650. The summed E-state index contributed by atoms with van der Waals surface area (Å²) in [6.45, 7) is 10.0. The molecule has 1 N–H and O–H groups in total. The normalized spacial score (nSPS) is 22.5. The molecular weight excluding hydrogens is 344 g/mol. The van der Waals surface area contributed by atoms with Crippen LogP contribution in [0.3, 0.4) is 0 Å². The van der Waals surface area contributed by atoms with Gasteiger partial charge in [-0.1, -0.05) is 31.2 Å². The SMILES string of the molecule is CCC1CN(C(=NC)NCc2cccc(CN3CCOCC3)c2)CCS1. The number of rotatable bonds is 5. The molecule has 2 aliphatic heterocycles. The molecule has 144 valence electrons. The first-order valence-corrected chi connectivity index (χ1v) is 10.8. The van der Waals surface area contributed by atoms with Gasteiger partial charge in [0.15, 0.2) is 5.96 Å². The van der Waals surface area contributed by atoms with Gasteiger partial charge in [0.25, 0.3) is 0 Å². The molecule has 2 fully saturated rings. The minimum Gasteiger partial charge on any atom is -0.379 e. The van der Waals surface area contributed by atoms with Gasteiger partial charge >= 0.3 is 0 Å². The number of thioether (sulfide) groups is 1. The second kappa shape index (κ2) is 10.2. The van der Waals surface area contributed by atoms with Crippen LogP contribution in [0.15, 0.2) is 29.3 Å². The number of hydrogen-bond acceptors (Lipinski definition) is 4. The minimum atomic E-state index is 0.721. The van der Waals surface area contributed by atoms with Crippen molar-refractivity contribution in [3.63, 3.8) is 0 Å². The summed E-state index contributed by atoms with van der Waals surface area (Å²) in [5.74, 6) is 2.22. The second-order valence-corrected chi connectivity index (χ2v) is 8.36. The van der Waals surface area contributed by atoms with Gasteiger partial charge in [-0.25, -0.2) is 0 Å². The maximum absolute atomic E-state index is 5.44. The van der Waals surface area contributed by atoms with Crippen LogP contribution in [0, 0.1) is 0 Å². The molecule has 2 aliphatic rings. The van der Waals surface area contributed by atoms with E-state index in [-0.39, 0.29) is 0 Å². The van der Waals surface area contributed by atoms with Crippen molar-refractivity contribution >= 4 is 17.7 Å². The maximum Gasteiger partial charge on any atom is 0.193 e. The maximum atomic E-state index is 5.44. The van der Waals surface area contributed by atoms with E-state index in [1.54, 1.807) is 0 Å². The van der Waals surface area contributed by atoms with Crippen LogP contribution in [0.25, 0.3) is 0 Å². The van der Waals surface area contributed by atoms with E-state index in [4.69, 9.17) is 4.74 Å². The zero-order chi connectivity index (χ0) is 18.2. The lowest BCUT2D eigenvalue weighted by Crippen LogP contribution is -2.47. The number of benzene rings is 1. The number of nitrogens with zero attached hydrogens (tertiary/aromatic N) is 3. The highest BCUT2D eigenvalue weighted by molar-refractivity contribution is 8.00. The Morgan fingerprint density at radius 1 is 1.27 bits per heavy atom. The number of guanidine groups is 1. The fourth-order valence-electron chi connectivity index (χ4n) is 3.53. The fourth-order valence-corrected chi connectivity index (χ4v) is 4.71. The van der Waals surface area contributed by atoms with Crippen LogP contribution in [-0.2, 0) is 17.8 Å². The van der Waals surface area contributed by atoms with Crippen LogP contribution in [0.4, 0.5) is 0 Å². The Bertz CT molecular complexity index is 589. The highest BCUT2D eigenvalue weighted by Crippen LogP contribution is 2.21. The third-order valence-electron chi connectivity index (χ3n) is 5.06. The molecule has 26 heavy (non-hydrogen) atoms. The third kappa shape index (κ3) is 5.63. The summed E-state index contributed by atoms with van der Waals surface area (Å²) in [4.78, 5) is 9.38. The molecule has 1 aromatic rings. The molecular formula is C20H32N4OS. The van der Waals surface area contributed by atoms with Crippen LogP contribution in [0.1, 0.15) is 24.5 Å². The molecule has 6 heteroatoms. The summed E-state index contributed by atoms with van der Waals surface area (Å²) in [5.41, 5.74) is 2.69. The number of nitrogens with one attached hydrogen (secondary N) is 1. The molecule has 5 nitrogen and oxygen atoms in total. The minimum absolute atomic E-state index is 0.721. The lowest BCUT2D eigenvalue weighted by molar-refractivity contribution is 0.0342. The van der Waals surface area contributed by atoms with E-state index < -0.39 is 0 Å². The topological polar surface area (TPSA) is 40.1 Å². The van der Waals surface area contributed by atoms with E-state index >= 15 is 0 Å². The standard InChI is InChI=1S/C20H32N4OS/c1-3-19-16-24(9-12-26-19)20(21-2)22-14-17-5-4-6-18(13-17)15-23-7-10-25-11-8-23/h4-6,13,19H,3,7-12,14-16H2,1-2H3,(H,21,22). The summed E-state index contributed by atoms with van der Waals surface area (Å²) in [7, 11) is 1.89. The summed E-state index contributed by atoms with van der Waals surface area (Å²) in [5, 5.41) is 4.29. The van der Waals surface area contributed by atoms with Crippen molar-refractivity contribution in [2.24, 2.45) is 4.99 Å². The quantitative estimate of drug-likeness (QED) is 0.631. The van der Waals surface area contributed by atoms with Gasteiger partial charge in [-0.15, -0.1) is 0 Å². The van der Waals surface area contributed by atoms with Gasteiger partial charge in [-0.2, -0.15) is 11.8 Å². The van der Waals surface area contributed by atoms with Gasteiger partial charge in [-0.05, 0) is 17.5 Å². The van der Waals surface area contributed by atoms with Crippen molar-refractivity contribution in [1.29, 1.82) is 0 Å². The Morgan fingerprint density at radius 3 is 2.85 bits per heavy atom. The lowest BCUT2D eigenvalue weighted by atomic mass is 10.1. The molecule has 0 aliphatic carbocycles. The number of aliphatic imine (C=N–C) groups is 1. The van der Waals surface area contributed by atoms with Crippen LogP contribution in [0.2, 0.25) is 0 Å². The number of hydrogen-bond donors (Lipinski definition) is 1. The first kappa shape index (κ1) is 19.5. The van der Waals surface area contributed by atoms with E-state index in [1.165, 1.54) is 23.3 Å². The van der Waals surface area contributed by atoms with Gasteiger partial charge in [0.2, 0.25) is 0 Å². The van der Waals surface area contributed by atoms with Crippen LogP contribution >= 0.6 is 11.8 Å². The second-order valence-electron chi connectivity index (χ2n) is 6.96. The van der Waals surface area contributed by atoms with Crippen molar-refractivity contribution in [3.05, 3.63) is 35.4 Å². The first-order chi connectivity index (χ1) is 12.8. The van der Waals surface area contributed by atoms with Crippen molar-refractivity contribution < 1.29 is 4.74 Å². The van der Waals surface area contributed by atoms with E-state index in [9.17, 15) is 0 Å². The number of morpholine rings is 1. The van der Waals surface area contributed by atoms with Gasteiger partial charge < -0.3 is 15.0 Å². The van der Waals surface area contributed by atoms with E-state index in [0.717, 1.165) is 63.7 Å². The van der Waals surface area contributed by atoms with Gasteiger partial charge in [0.1, 0.15) is 0 Å². The molecule has 2 heterocycles. The number of ether oxygens (including phenoxy) is 1. The monoisotopic (exact) mass is 376 g/mol. The van der Waals surface area contributed by atoms with E-state index in [0.29, 0.717) is 0 Å². The largest absolute Gasteiger partial charge is 0.379 e. The molecule has 0 saturated carbocycles. The summed E-state index contributed by atoms with van der Waals surface area (Å²) < 4.78 is 5.44. The van der Waals surface area contributed by atoms with Crippen molar-refractivity contribution in [3.8, 4) is 0 Å². The van der Waals surface area contributed by atoms with Gasteiger partial charge in [0, 0.05) is 57.3 Å². The Labute approximate surface area is 162 Å². The molecule has 0 spiro atoms. The van der Waals surface area contributed by atoms with Crippen LogP contribution in [-0.4, -0.2) is 73.2 Å². The van der Waals surface area contributed by atoms with Crippen LogP contribution < -0.4 is 5.32 Å². The third-order valence-corrected chi connectivity index (χ3v) is 6.43. The molecule has 0 bridgehead atoms.